The number of rotatable bonds is 7. The largest absolute Gasteiger partial charge is 0.336 e. The molecule has 0 heterocycles. The molecule has 0 bridgehead atoms. The molecule has 0 saturated carbocycles. The predicted octanol–water partition coefficient (Wildman–Crippen LogP) is 3.54. The Morgan fingerprint density at radius 1 is 0.964 bits per heavy atom. The van der Waals surface area contributed by atoms with Gasteiger partial charge in [-0.25, -0.2) is 0 Å². The summed E-state index contributed by atoms with van der Waals surface area (Å²) in [5, 5.41) is 2.77. The minimum absolute atomic E-state index is 0.0273. The molecule has 0 aliphatic heterocycles. The van der Waals surface area contributed by atoms with E-state index in [0.717, 1.165) is 24.8 Å². The zero-order valence-corrected chi connectivity index (χ0v) is 16.5. The lowest BCUT2D eigenvalue weighted by Gasteiger charge is -2.17. The third kappa shape index (κ3) is 5.06. The van der Waals surface area contributed by atoms with E-state index in [1.54, 1.807) is 7.05 Å². The Bertz CT molecular complexity index is 887. The lowest BCUT2D eigenvalue weighted by Crippen LogP contribution is -2.35. The van der Waals surface area contributed by atoms with Crippen LogP contribution in [0.25, 0.3) is 0 Å². The number of carbonyl (C=O) groups excluding carboxylic acids is 3. The van der Waals surface area contributed by atoms with Crippen molar-refractivity contribution < 1.29 is 14.4 Å². The Kier molecular flexibility index (Phi) is 6.24. The van der Waals surface area contributed by atoms with Crippen LogP contribution >= 0.6 is 0 Å². The fourth-order valence-electron chi connectivity index (χ4n) is 3.44. The number of ketones is 1. The molecule has 2 amide bonds. The Morgan fingerprint density at radius 3 is 2.43 bits per heavy atom. The molecule has 146 valence electrons. The number of carbonyl (C=O) groups is 3. The SMILES string of the molecule is Cc1ccc(NC(=O)CN(C)C(=O)CCC(=O)c2ccc3c(c2)CCC3)cc1. The molecule has 1 aliphatic carbocycles. The molecule has 5 nitrogen and oxygen atoms in total. The molecular formula is C23H26N2O3. The van der Waals surface area contributed by atoms with Crippen molar-refractivity contribution in [1.82, 2.24) is 4.90 Å². The predicted molar refractivity (Wildman–Crippen MR) is 109 cm³/mol. The topological polar surface area (TPSA) is 66.5 Å². The van der Waals surface area contributed by atoms with Crippen molar-refractivity contribution in [1.29, 1.82) is 0 Å². The van der Waals surface area contributed by atoms with Crippen molar-refractivity contribution in [2.75, 3.05) is 18.9 Å². The third-order valence-electron chi connectivity index (χ3n) is 5.13. The van der Waals surface area contributed by atoms with Crippen LogP contribution < -0.4 is 5.32 Å². The number of fused-ring (bicyclic) bond motifs is 1. The second kappa shape index (κ2) is 8.83. The molecule has 0 spiro atoms. The molecule has 2 aromatic carbocycles. The summed E-state index contributed by atoms with van der Waals surface area (Å²) < 4.78 is 0. The van der Waals surface area contributed by atoms with Gasteiger partial charge >= 0.3 is 0 Å². The summed E-state index contributed by atoms with van der Waals surface area (Å²) in [7, 11) is 1.58. The monoisotopic (exact) mass is 378 g/mol. The van der Waals surface area contributed by atoms with Crippen LogP contribution in [0.2, 0.25) is 0 Å². The van der Waals surface area contributed by atoms with E-state index in [-0.39, 0.29) is 37.0 Å². The van der Waals surface area contributed by atoms with Crippen LogP contribution in [-0.4, -0.2) is 36.1 Å². The minimum Gasteiger partial charge on any atom is -0.336 e. The second-order valence-electron chi connectivity index (χ2n) is 7.42. The molecule has 1 N–H and O–H groups in total. The Balaban J connectivity index is 1.46. The highest BCUT2D eigenvalue weighted by atomic mass is 16.2. The zero-order chi connectivity index (χ0) is 20.1. The number of nitrogens with one attached hydrogen (secondary N) is 1. The average molecular weight is 378 g/mol. The maximum Gasteiger partial charge on any atom is 0.243 e. The maximum absolute atomic E-state index is 12.4. The molecule has 0 saturated heterocycles. The number of hydrogen-bond acceptors (Lipinski definition) is 3. The van der Waals surface area contributed by atoms with E-state index < -0.39 is 0 Å². The first-order chi connectivity index (χ1) is 13.4. The molecular weight excluding hydrogens is 352 g/mol. The van der Waals surface area contributed by atoms with Crippen LogP contribution in [-0.2, 0) is 22.4 Å². The number of anilines is 1. The summed E-state index contributed by atoms with van der Waals surface area (Å²) in [6, 6.07) is 13.3. The molecule has 0 fully saturated rings. The number of hydrogen-bond donors (Lipinski definition) is 1. The number of benzene rings is 2. The Morgan fingerprint density at radius 2 is 1.68 bits per heavy atom. The summed E-state index contributed by atoms with van der Waals surface area (Å²) >= 11 is 0. The van der Waals surface area contributed by atoms with Crippen molar-refractivity contribution in [3.63, 3.8) is 0 Å². The minimum atomic E-state index is -0.260. The van der Waals surface area contributed by atoms with Crippen LogP contribution in [0.15, 0.2) is 42.5 Å². The van der Waals surface area contributed by atoms with Crippen molar-refractivity contribution in [3.05, 3.63) is 64.7 Å². The van der Waals surface area contributed by atoms with Crippen LogP contribution in [0.4, 0.5) is 5.69 Å². The average Bonchev–Trinajstić information content (AvgIpc) is 3.15. The molecule has 0 aromatic heterocycles. The highest BCUT2D eigenvalue weighted by Crippen LogP contribution is 2.23. The van der Waals surface area contributed by atoms with Gasteiger partial charge in [-0.3, -0.25) is 14.4 Å². The van der Waals surface area contributed by atoms with E-state index in [1.165, 1.54) is 16.0 Å². The smallest absolute Gasteiger partial charge is 0.243 e. The fraction of sp³-hybridized carbons (Fsp3) is 0.348. The number of Topliss-reactive ketones (excluding diaryl/α,β-unsaturated/α-hetero) is 1. The molecule has 0 radical (unpaired) electrons. The van der Waals surface area contributed by atoms with Gasteiger partial charge in [-0.15, -0.1) is 0 Å². The Labute approximate surface area is 165 Å². The van der Waals surface area contributed by atoms with Gasteiger partial charge in [0.05, 0.1) is 6.54 Å². The first kappa shape index (κ1) is 19.8. The van der Waals surface area contributed by atoms with Gasteiger partial charge in [-0.2, -0.15) is 0 Å². The van der Waals surface area contributed by atoms with E-state index >= 15 is 0 Å². The van der Waals surface area contributed by atoms with Gasteiger partial charge in [0.1, 0.15) is 0 Å². The summed E-state index contributed by atoms with van der Waals surface area (Å²) in [4.78, 5) is 38.2. The van der Waals surface area contributed by atoms with Gasteiger partial charge in [-0.05, 0) is 55.5 Å². The number of likely N-dealkylation sites (N-methyl/N-ethyl adjacent to an activating group) is 1. The number of aryl methyl sites for hydroxylation is 3. The van der Waals surface area contributed by atoms with E-state index in [9.17, 15) is 14.4 Å². The zero-order valence-electron chi connectivity index (χ0n) is 16.5. The van der Waals surface area contributed by atoms with Crippen molar-refractivity contribution in [2.45, 2.75) is 39.0 Å². The van der Waals surface area contributed by atoms with Gasteiger partial charge in [-0.1, -0.05) is 29.8 Å². The first-order valence-corrected chi connectivity index (χ1v) is 9.68. The van der Waals surface area contributed by atoms with Gasteiger partial charge in [0.25, 0.3) is 0 Å². The molecule has 0 unspecified atom stereocenters. The molecule has 3 rings (SSSR count). The van der Waals surface area contributed by atoms with Gasteiger partial charge in [0, 0.05) is 31.1 Å². The van der Waals surface area contributed by atoms with E-state index in [2.05, 4.69) is 5.32 Å². The van der Waals surface area contributed by atoms with Gasteiger partial charge < -0.3 is 10.2 Å². The summed E-state index contributed by atoms with van der Waals surface area (Å²) in [5.41, 5.74) is 5.06. The Hall–Kier alpha value is -2.95. The van der Waals surface area contributed by atoms with Crippen LogP contribution in [0.5, 0.6) is 0 Å². The van der Waals surface area contributed by atoms with Crippen LogP contribution in [0, 0.1) is 6.92 Å². The summed E-state index contributed by atoms with van der Waals surface area (Å²) in [6.45, 7) is 1.93. The fourth-order valence-corrected chi connectivity index (χ4v) is 3.44. The summed E-state index contributed by atoms with van der Waals surface area (Å²) in [6.07, 6.45) is 3.50. The van der Waals surface area contributed by atoms with E-state index in [0.29, 0.717) is 11.3 Å². The number of amides is 2. The van der Waals surface area contributed by atoms with Gasteiger partial charge in [0.15, 0.2) is 5.78 Å². The maximum atomic E-state index is 12.4. The van der Waals surface area contributed by atoms with Gasteiger partial charge in [0.2, 0.25) is 11.8 Å². The molecule has 1 aliphatic rings. The van der Waals surface area contributed by atoms with Crippen molar-refractivity contribution >= 4 is 23.3 Å². The normalized spacial score (nSPS) is 12.4. The summed E-state index contributed by atoms with van der Waals surface area (Å²) in [5.74, 6) is -0.501. The third-order valence-corrected chi connectivity index (χ3v) is 5.13. The van der Waals surface area contributed by atoms with Crippen LogP contribution in [0.1, 0.15) is 46.3 Å². The standard InChI is InChI=1S/C23H26N2O3/c1-16-6-10-20(11-7-16)24-22(27)15-25(2)23(28)13-12-21(26)19-9-8-17-4-3-5-18(17)14-19/h6-11,14H,3-5,12-13,15H2,1-2H3,(H,24,27). The molecule has 2 aromatic rings. The molecule has 28 heavy (non-hydrogen) atoms. The lowest BCUT2D eigenvalue weighted by atomic mass is 10.0. The first-order valence-electron chi connectivity index (χ1n) is 9.68. The van der Waals surface area contributed by atoms with E-state index in [4.69, 9.17) is 0 Å². The van der Waals surface area contributed by atoms with Crippen molar-refractivity contribution in [2.24, 2.45) is 0 Å². The van der Waals surface area contributed by atoms with Crippen LogP contribution in [0.3, 0.4) is 0 Å². The lowest BCUT2D eigenvalue weighted by molar-refractivity contribution is -0.133. The second-order valence-corrected chi connectivity index (χ2v) is 7.42. The molecule has 5 heteroatoms. The highest BCUT2D eigenvalue weighted by Gasteiger charge is 2.17. The van der Waals surface area contributed by atoms with E-state index in [1.807, 2.05) is 49.4 Å². The quantitative estimate of drug-likeness (QED) is 0.750. The van der Waals surface area contributed by atoms with Crippen molar-refractivity contribution in [3.8, 4) is 0 Å². The highest BCUT2D eigenvalue weighted by molar-refractivity contribution is 5.99. The number of nitrogens with zero attached hydrogens (tertiary/aromatic N) is 1. The molecule has 0 atom stereocenters.